The minimum Gasteiger partial charge on any atom is -0.351 e. The number of hydrogen-bond acceptors (Lipinski definition) is 4. The third-order valence-corrected chi connectivity index (χ3v) is 3.85. The molecule has 0 amide bonds. The molecule has 0 spiro atoms. The van der Waals surface area contributed by atoms with Crippen molar-refractivity contribution in [3.05, 3.63) is 0 Å². The van der Waals surface area contributed by atoms with Crippen molar-refractivity contribution in [3.63, 3.8) is 0 Å². The van der Waals surface area contributed by atoms with E-state index in [0.29, 0.717) is 26.4 Å². The first-order chi connectivity index (χ1) is 6.24. The van der Waals surface area contributed by atoms with Crippen LogP contribution in [0.3, 0.4) is 0 Å². The van der Waals surface area contributed by atoms with Crippen molar-refractivity contribution in [2.45, 2.75) is 27.7 Å². The normalized spacial score (nSPS) is 11.1. The molecule has 0 aromatic rings. The molecule has 0 unspecified atom stereocenters. The predicted molar refractivity (Wildman–Crippen MR) is 52.3 cm³/mol. The van der Waals surface area contributed by atoms with Gasteiger partial charge in [0, 0.05) is 52.3 Å². The molecule has 0 fully saturated rings. The first-order valence-electron chi connectivity index (χ1n) is 4.80. The summed E-state index contributed by atoms with van der Waals surface area (Å²) in [6.45, 7) is 9.80. The summed E-state index contributed by atoms with van der Waals surface area (Å²) in [7, 11) is -2.80. The third-order valence-electron chi connectivity index (χ3n) is 1.28. The summed E-state index contributed by atoms with van der Waals surface area (Å²) < 4.78 is 21.7. The van der Waals surface area contributed by atoms with E-state index in [1.54, 1.807) is 0 Å². The summed E-state index contributed by atoms with van der Waals surface area (Å²) >= 11 is 0. The molecule has 0 aliphatic carbocycles. The van der Waals surface area contributed by atoms with Crippen LogP contribution >= 0.6 is 0 Å². The van der Waals surface area contributed by atoms with Crippen LogP contribution in [-0.4, -0.2) is 35.5 Å². The molecule has 4 nitrogen and oxygen atoms in total. The molecule has 6 heteroatoms. The summed E-state index contributed by atoms with van der Waals surface area (Å²) in [6, 6.07) is 0. The Kier molecular flexibility index (Phi) is 12.9. The van der Waals surface area contributed by atoms with E-state index in [2.05, 4.69) is 0 Å². The SMILES string of the molecule is CCO[Si](OCC)(OCC)OCC.[Sc]. The van der Waals surface area contributed by atoms with Crippen molar-refractivity contribution in [1.82, 2.24) is 0 Å². The van der Waals surface area contributed by atoms with Crippen molar-refractivity contribution in [3.8, 4) is 0 Å². The molecule has 0 rings (SSSR count). The Morgan fingerprint density at radius 2 is 0.857 bits per heavy atom. The topological polar surface area (TPSA) is 36.9 Å². The maximum absolute atomic E-state index is 5.42. The summed E-state index contributed by atoms with van der Waals surface area (Å²) in [6.07, 6.45) is 0. The van der Waals surface area contributed by atoms with Crippen LogP contribution in [0.4, 0.5) is 0 Å². The van der Waals surface area contributed by atoms with Crippen LogP contribution in [0.2, 0.25) is 0 Å². The number of hydrogen-bond donors (Lipinski definition) is 0. The van der Waals surface area contributed by atoms with Crippen LogP contribution in [-0.2, 0) is 43.5 Å². The molecular formula is C8H20O4ScSi. The summed E-state index contributed by atoms with van der Waals surface area (Å²) in [5.74, 6) is 0. The van der Waals surface area contributed by atoms with Gasteiger partial charge in [0.2, 0.25) is 0 Å². The monoisotopic (exact) mass is 253 g/mol. The average Bonchev–Trinajstić information content (AvgIpc) is 2.06. The van der Waals surface area contributed by atoms with E-state index in [1.807, 2.05) is 27.7 Å². The van der Waals surface area contributed by atoms with E-state index in [9.17, 15) is 0 Å². The van der Waals surface area contributed by atoms with Crippen LogP contribution in [0.5, 0.6) is 0 Å². The molecule has 1 radical (unpaired) electrons. The first-order valence-corrected chi connectivity index (χ1v) is 6.43. The second-order valence-electron chi connectivity index (χ2n) is 2.23. The fourth-order valence-electron chi connectivity index (χ4n) is 0.957. The molecule has 0 atom stereocenters. The van der Waals surface area contributed by atoms with Crippen molar-refractivity contribution in [1.29, 1.82) is 0 Å². The van der Waals surface area contributed by atoms with Crippen molar-refractivity contribution in [2.24, 2.45) is 0 Å². The first kappa shape index (κ1) is 17.3. The van der Waals surface area contributed by atoms with Crippen LogP contribution in [0.1, 0.15) is 27.7 Å². The standard InChI is InChI=1S/C8H20O4Si.Sc/c1-5-9-13(10-6-2,11-7-3)12-8-4;/h5-8H2,1-4H3;. The second kappa shape index (κ2) is 10.4. The van der Waals surface area contributed by atoms with Gasteiger partial charge in [0.05, 0.1) is 0 Å². The minimum absolute atomic E-state index is 0. The Morgan fingerprint density at radius 3 is 1.00 bits per heavy atom. The van der Waals surface area contributed by atoms with Crippen LogP contribution in [0, 0.1) is 0 Å². The fraction of sp³-hybridized carbons (Fsp3) is 1.00. The van der Waals surface area contributed by atoms with Gasteiger partial charge in [-0.1, -0.05) is 0 Å². The molecule has 83 valence electrons. The summed E-state index contributed by atoms with van der Waals surface area (Å²) in [4.78, 5) is 0. The largest absolute Gasteiger partial charge is 0.679 e. The van der Waals surface area contributed by atoms with E-state index in [4.69, 9.17) is 17.7 Å². The van der Waals surface area contributed by atoms with Crippen LogP contribution < -0.4 is 0 Å². The summed E-state index contributed by atoms with van der Waals surface area (Å²) in [5.41, 5.74) is 0. The molecule has 0 saturated carbocycles. The second-order valence-corrected chi connectivity index (χ2v) is 4.39. The molecule has 0 N–H and O–H groups in total. The van der Waals surface area contributed by atoms with Gasteiger partial charge in [-0.25, -0.2) is 0 Å². The van der Waals surface area contributed by atoms with Gasteiger partial charge in [-0.05, 0) is 27.7 Å². The average molecular weight is 253 g/mol. The van der Waals surface area contributed by atoms with Gasteiger partial charge in [-0.2, -0.15) is 0 Å². The zero-order chi connectivity index (χ0) is 10.2. The molecule has 0 saturated heterocycles. The molecule has 0 bridgehead atoms. The van der Waals surface area contributed by atoms with Gasteiger partial charge in [0.1, 0.15) is 0 Å². The van der Waals surface area contributed by atoms with Gasteiger partial charge >= 0.3 is 9.05 Å². The van der Waals surface area contributed by atoms with Crippen molar-refractivity contribution < 1.29 is 43.5 Å². The molecular weight excluding hydrogens is 233 g/mol. The van der Waals surface area contributed by atoms with Crippen LogP contribution in [0.15, 0.2) is 0 Å². The molecule has 0 aliphatic rings. The zero-order valence-corrected chi connectivity index (χ0v) is 12.3. The Hall–Kier alpha value is 0.927. The van der Waals surface area contributed by atoms with Gasteiger partial charge in [0.15, 0.2) is 0 Å². The quantitative estimate of drug-likeness (QED) is 0.615. The fourth-order valence-corrected chi connectivity index (χ4v) is 2.87. The van der Waals surface area contributed by atoms with E-state index in [0.717, 1.165) is 0 Å². The molecule has 14 heavy (non-hydrogen) atoms. The van der Waals surface area contributed by atoms with E-state index < -0.39 is 9.05 Å². The molecule has 0 aromatic carbocycles. The molecule has 0 aliphatic heterocycles. The van der Waals surface area contributed by atoms with Crippen molar-refractivity contribution >= 4 is 9.05 Å². The van der Waals surface area contributed by atoms with Crippen molar-refractivity contribution in [2.75, 3.05) is 26.4 Å². The third kappa shape index (κ3) is 6.42. The number of rotatable bonds is 8. The Bertz CT molecular complexity index is 96.4. The maximum atomic E-state index is 5.42. The molecule has 0 aromatic heterocycles. The van der Waals surface area contributed by atoms with Gasteiger partial charge in [-0.3, -0.25) is 0 Å². The minimum atomic E-state index is -2.80. The van der Waals surface area contributed by atoms with Gasteiger partial charge in [-0.15, -0.1) is 0 Å². The zero-order valence-electron chi connectivity index (χ0n) is 9.54. The van der Waals surface area contributed by atoms with E-state index >= 15 is 0 Å². The van der Waals surface area contributed by atoms with Gasteiger partial charge < -0.3 is 17.7 Å². The predicted octanol–water partition coefficient (Wildman–Crippen LogP) is 1.57. The Labute approximate surface area is 107 Å². The van der Waals surface area contributed by atoms with E-state index in [-0.39, 0.29) is 25.8 Å². The smallest absolute Gasteiger partial charge is 0.351 e. The van der Waals surface area contributed by atoms with E-state index in [1.165, 1.54) is 0 Å². The maximum Gasteiger partial charge on any atom is 0.679 e. The Balaban J connectivity index is 0. The van der Waals surface area contributed by atoms with Crippen LogP contribution in [0.25, 0.3) is 0 Å². The summed E-state index contributed by atoms with van der Waals surface area (Å²) in [5, 5.41) is 0. The van der Waals surface area contributed by atoms with Gasteiger partial charge in [0.25, 0.3) is 0 Å². The molecule has 0 heterocycles. The Morgan fingerprint density at radius 1 is 0.643 bits per heavy atom.